The van der Waals surface area contributed by atoms with Crippen molar-refractivity contribution < 1.29 is 0 Å². The number of hydrogen-bond acceptors (Lipinski definition) is 4. The van der Waals surface area contributed by atoms with Gasteiger partial charge in [0, 0.05) is 26.3 Å². The molecule has 0 spiro atoms. The summed E-state index contributed by atoms with van der Waals surface area (Å²) in [4.78, 5) is 13.2. The number of fused-ring (bicyclic) bond motifs is 1. The predicted octanol–water partition coefficient (Wildman–Crippen LogP) is 2.80. The van der Waals surface area contributed by atoms with Crippen LogP contribution in [0.5, 0.6) is 0 Å². The van der Waals surface area contributed by atoms with Gasteiger partial charge in [-0.1, -0.05) is 12.1 Å². The Morgan fingerprint density at radius 1 is 1.16 bits per heavy atom. The van der Waals surface area contributed by atoms with Gasteiger partial charge in [-0.05, 0) is 12.1 Å². The van der Waals surface area contributed by atoms with Crippen LogP contribution in [0.3, 0.4) is 0 Å². The van der Waals surface area contributed by atoms with Gasteiger partial charge in [-0.25, -0.2) is 4.98 Å². The average molecular weight is 275 g/mol. The quantitative estimate of drug-likeness (QED) is 0.789. The van der Waals surface area contributed by atoms with Gasteiger partial charge in [-0.2, -0.15) is 0 Å². The lowest BCUT2D eigenvalue weighted by Gasteiger charge is -2.36. The Morgan fingerprint density at radius 3 is 2.74 bits per heavy atom. The monoisotopic (exact) mass is 274 g/mol. The number of halogens is 1. The number of nitrogens with zero attached hydrogens (tertiary/aromatic N) is 4. The van der Waals surface area contributed by atoms with Crippen LogP contribution >= 0.6 is 11.6 Å². The van der Waals surface area contributed by atoms with Crippen LogP contribution in [-0.2, 0) is 5.88 Å². The summed E-state index contributed by atoms with van der Waals surface area (Å²) in [6, 6.07) is 8.34. The first-order valence-corrected chi connectivity index (χ1v) is 6.77. The van der Waals surface area contributed by atoms with Gasteiger partial charge in [0.2, 0.25) is 0 Å². The first-order chi connectivity index (χ1) is 9.29. The molecule has 0 radical (unpaired) electrons. The molecule has 0 aliphatic carbocycles. The molecule has 0 atom stereocenters. The number of likely N-dealkylation sites (N-methyl/N-ethyl adjacent to an activating group) is 1. The standard InChI is InChI=1S/C14H15ClN4/c1-18-6-7-19(13-5-3-2-4-12(13)18)14-10-16-9-11(8-15)17-14/h2-5,9-10H,6-8H2,1H3. The van der Waals surface area contributed by atoms with Crippen molar-refractivity contribution in [3.05, 3.63) is 42.4 Å². The fraction of sp³-hybridized carbons (Fsp3) is 0.286. The lowest BCUT2D eigenvalue weighted by atomic mass is 10.2. The van der Waals surface area contributed by atoms with E-state index in [0.29, 0.717) is 5.88 Å². The second-order valence-electron chi connectivity index (χ2n) is 4.56. The molecule has 19 heavy (non-hydrogen) atoms. The largest absolute Gasteiger partial charge is 0.371 e. The van der Waals surface area contributed by atoms with Crippen molar-refractivity contribution >= 4 is 28.8 Å². The molecule has 0 N–H and O–H groups in total. The van der Waals surface area contributed by atoms with Gasteiger partial charge in [0.25, 0.3) is 0 Å². The van der Waals surface area contributed by atoms with E-state index in [2.05, 4.69) is 45.0 Å². The fourth-order valence-corrected chi connectivity index (χ4v) is 2.46. The first-order valence-electron chi connectivity index (χ1n) is 6.24. The second-order valence-corrected chi connectivity index (χ2v) is 4.83. The van der Waals surface area contributed by atoms with Crippen LogP contribution in [-0.4, -0.2) is 30.1 Å². The van der Waals surface area contributed by atoms with E-state index in [1.807, 2.05) is 6.07 Å². The van der Waals surface area contributed by atoms with Gasteiger partial charge < -0.3 is 9.80 Å². The summed E-state index contributed by atoms with van der Waals surface area (Å²) in [5.41, 5.74) is 3.18. The van der Waals surface area contributed by atoms with Crippen LogP contribution in [0.1, 0.15) is 5.69 Å². The van der Waals surface area contributed by atoms with Crippen LogP contribution in [0, 0.1) is 0 Å². The highest BCUT2D eigenvalue weighted by atomic mass is 35.5. The van der Waals surface area contributed by atoms with Crippen LogP contribution in [0.25, 0.3) is 0 Å². The minimum atomic E-state index is 0.385. The van der Waals surface area contributed by atoms with Crippen molar-refractivity contribution in [2.24, 2.45) is 0 Å². The van der Waals surface area contributed by atoms with Crippen LogP contribution < -0.4 is 9.80 Å². The van der Waals surface area contributed by atoms with E-state index in [1.165, 1.54) is 5.69 Å². The lowest BCUT2D eigenvalue weighted by molar-refractivity contribution is 0.808. The molecule has 5 heteroatoms. The van der Waals surface area contributed by atoms with E-state index < -0.39 is 0 Å². The molecule has 0 saturated heterocycles. The third kappa shape index (κ3) is 2.24. The number of alkyl halides is 1. The molecule has 0 amide bonds. The highest BCUT2D eigenvalue weighted by Gasteiger charge is 2.22. The first kappa shape index (κ1) is 12.2. The minimum absolute atomic E-state index is 0.385. The second kappa shape index (κ2) is 5.05. The maximum Gasteiger partial charge on any atom is 0.151 e. The molecule has 1 aliphatic heterocycles. The van der Waals surface area contributed by atoms with Crippen molar-refractivity contribution in [2.45, 2.75) is 5.88 Å². The Kier molecular flexibility index (Phi) is 3.25. The zero-order valence-electron chi connectivity index (χ0n) is 10.8. The number of anilines is 3. The molecular weight excluding hydrogens is 260 g/mol. The zero-order chi connectivity index (χ0) is 13.2. The van der Waals surface area contributed by atoms with Crippen LogP contribution in [0.4, 0.5) is 17.2 Å². The Balaban J connectivity index is 2.04. The Morgan fingerprint density at radius 2 is 1.95 bits per heavy atom. The van der Waals surface area contributed by atoms with Crippen molar-refractivity contribution in [3.8, 4) is 0 Å². The zero-order valence-corrected chi connectivity index (χ0v) is 11.5. The van der Waals surface area contributed by atoms with E-state index in [1.54, 1.807) is 12.4 Å². The maximum absolute atomic E-state index is 5.83. The summed E-state index contributed by atoms with van der Waals surface area (Å²) >= 11 is 5.83. The van der Waals surface area contributed by atoms with Crippen LogP contribution in [0.15, 0.2) is 36.7 Å². The predicted molar refractivity (Wildman–Crippen MR) is 78.3 cm³/mol. The van der Waals surface area contributed by atoms with Gasteiger partial charge in [0.15, 0.2) is 5.82 Å². The number of benzene rings is 1. The molecule has 3 rings (SSSR count). The average Bonchev–Trinajstić information content (AvgIpc) is 2.48. The summed E-state index contributed by atoms with van der Waals surface area (Å²) in [6.07, 6.45) is 3.50. The Bertz CT molecular complexity index is 587. The van der Waals surface area contributed by atoms with Crippen molar-refractivity contribution in [3.63, 3.8) is 0 Å². The van der Waals surface area contributed by atoms with Gasteiger partial charge in [-0.3, -0.25) is 4.98 Å². The molecule has 2 heterocycles. The van der Waals surface area contributed by atoms with Crippen LogP contribution in [0.2, 0.25) is 0 Å². The summed E-state index contributed by atoms with van der Waals surface area (Å²) in [7, 11) is 2.11. The molecule has 1 aliphatic rings. The van der Waals surface area contributed by atoms with Crippen molar-refractivity contribution in [2.75, 3.05) is 29.9 Å². The maximum atomic E-state index is 5.83. The van der Waals surface area contributed by atoms with Gasteiger partial charge >= 0.3 is 0 Å². The molecule has 0 unspecified atom stereocenters. The molecule has 4 nitrogen and oxygen atoms in total. The van der Waals surface area contributed by atoms with E-state index >= 15 is 0 Å². The molecule has 2 aromatic rings. The van der Waals surface area contributed by atoms with E-state index in [9.17, 15) is 0 Å². The Labute approximate surface area is 117 Å². The van der Waals surface area contributed by atoms with Gasteiger partial charge in [-0.15, -0.1) is 11.6 Å². The number of rotatable bonds is 2. The topological polar surface area (TPSA) is 32.3 Å². The number of para-hydroxylation sites is 2. The molecule has 0 saturated carbocycles. The van der Waals surface area contributed by atoms with Crippen molar-refractivity contribution in [1.29, 1.82) is 0 Å². The smallest absolute Gasteiger partial charge is 0.151 e. The molecular formula is C14H15ClN4. The highest BCUT2D eigenvalue weighted by Crippen LogP contribution is 2.35. The summed E-state index contributed by atoms with van der Waals surface area (Å²) in [6.45, 7) is 1.86. The van der Waals surface area contributed by atoms with E-state index in [4.69, 9.17) is 11.6 Å². The molecule has 1 aromatic heterocycles. The number of hydrogen-bond donors (Lipinski definition) is 0. The molecule has 0 fully saturated rings. The minimum Gasteiger partial charge on any atom is -0.371 e. The molecule has 0 bridgehead atoms. The lowest BCUT2D eigenvalue weighted by Crippen LogP contribution is -2.36. The molecule has 1 aromatic carbocycles. The summed E-state index contributed by atoms with van der Waals surface area (Å²) in [5, 5.41) is 0. The van der Waals surface area contributed by atoms with Gasteiger partial charge in [0.1, 0.15) is 0 Å². The van der Waals surface area contributed by atoms with Gasteiger partial charge in [0.05, 0.1) is 29.1 Å². The fourth-order valence-electron chi connectivity index (χ4n) is 2.33. The Hall–Kier alpha value is -1.81. The number of aromatic nitrogens is 2. The SMILES string of the molecule is CN1CCN(c2cncc(CCl)n2)c2ccccc21. The van der Waals surface area contributed by atoms with E-state index in [0.717, 1.165) is 30.3 Å². The third-order valence-corrected chi connectivity index (χ3v) is 3.60. The molecule has 98 valence electrons. The highest BCUT2D eigenvalue weighted by molar-refractivity contribution is 6.16. The van der Waals surface area contributed by atoms with Crippen molar-refractivity contribution in [1.82, 2.24) is 9.97 Å². The summed E-state index contributed by atoms with van der Waals surface area (Å²) in [5.74, 6) is 1.25. The third-order valence-electron chi connectivity index (χ3n) is 3.33. The summed E-state index contributed by atoms with van der Waals surface area (Å²) < 4.78 is 0. The normalized spacial score (nSPS) is 14.4. The van der Waals surface area contributed by atoms with E-state index in [-0.39, 0.29) is 0 Å².